The molecule has 0 aliphatic rings. The fourth-order valence-corrected chi connectivity index (χ4v) is 1.37. The number of hydrogen-bond donors (Lipinski definition) is 0. The molecule has 4 heteroatoms. The molecule has 1 aromatic rings. The van der Waals surface area contributed by atoms with Crippen LogP contribution in [0.25, 0.3) is 0 Å². The smallest absolute Gasteiger partial charge is 0.256 e. The molecule has 0 N–H and O–H groups in total. The van der Waals surface area contributed by atoms with Crippen molar-refractivity contribution in [1.29, 1.82) is 0 Å². The van der Waals surface area contributed by atoms with Gasteiger partial charge < -0.3 is 4.90 Å². The Kier molecular flexibility index (Phi) is 3.99. The summed E-state index contributed by atoms with van der Waals surface area (Å²) >= 11 is 0. The maximum absolute atomic E-state index is 13.4. The molecule has 0 spiro atoms. The van der Waals surface area contributed by atoms with Gasteiger partial charge in [0.2, 0.25) is 0 Å². The number of nitrogens with zero attached hydrogens (tertiary/aromatic N) is 2. The van der Waals surface area contributed by atoms with E-state index in [-0.39, 0.29) is 17.5 Å². The maximum Gasteiger partial charge on any atom is 0.256 e. The lowest BCUT2D eigenvalue weighted by atomic mass is 10.0. The minimum atomic E-state index is -0.574. The van der Waals surface area contributed by atoms with Crippen molar-refractivity contribution in [2.24, 2.45) is 5.92 Å². The SMILES string of the molecule is CC(C)C(C)N(C)C(=O)c1ccncc1F. The molecule has 0 aliphatic carbocycles. The zero-order valence-electron chi connectivity index (χ0n) is 10.1. The van der Waals surface area contributed by atoms with Gasteiger partial charge in [0.05, 0.1) is 11.8 Å². The van der Waals surface area contributed by atoms with Crippen molar-refractivity contribution in [2.75, 3.05) is 7.05 Å². The summed E-state index contributed by atoms with van der Waals surface area (Å²) in [6.07, 6.45) is 2.48. The van der Waals surface area contributed by atoms with E-state index in [1.807, 2.05) is 20.8 Å². The van der Waals surface area contributed by atoms with Crippen LogP contribution in [0.5, 0.6) is 0 Å². The Bertz CT molecular complexity index is 379. The molecule has 1 atom stereocenters. The predicted molar refractivity (Wildman–Crippen MR) is 60.6 cm³/mol. The molecule has 1 amide bonds. The second-order valence-corrected chi connectivity index (χ2v) is 4.26. The molecular weight excluding hydrogens is 207 g/mol. The zero-order valence-corrected chi connectivity index (χ0v) is 10.1. The van der Waals surface area contributed by atoms with Gasteiger partial charge in [0.1, 0.15) is 0 Å². The summed E-state index contributed by atoms with van der Waals surface area (Å²) in [5.41, 5.74) is 0.0741. The van der Waals surface area contributed by atoms with Gasteiger partial charge >= 0.3 is 0 Å². The Morgan fingerprint density at radius 2 is 2.06 bits per heavy atom. The molecule has 0 bridgehead atoms. The van der Waals surface area contributed by atoms with E-state index in [9.17, 15) is 9.18 Å². The first kappa shape index (κ1) is 12.6. The van der Waals surface area contributed by atoms with Crippen molar-refractivity contribution in [2.45, 2.75) is 26.8 Å². The molecule has 0 saturated heterocycles. The molecule has 1 aromatic heterocycles. The van der Waals surface area contributed by atoms with Crippen LogP contribution in [0.4, 0.5) is 4.39 Å². The number of carbonyl (C=O) groups is 1. The van der Waals surface area contributed by atoms with Crippen LogP contribution in [-0.4, -0.2) is 28.9 Å². The predicted octanol–water partition coefficient (Wildman–Crippen LogP) is 2.34. The highest BCUT2D eigenvalue weighted by Crippen LogP contribution is 2.13. The summed E-state index contributed by atoms with van der Waals surface area (Å²) in [4.78, 5) is 17.1. The fraction of sp³-hybridized carbons (Fsp3) is 0.500. The minimum Gasteiger partial charge on any atom is -0.339 e. The van der Waals surface area contributed by atoms with Crippen LogP contribution in [0.2, 0.25) is 0 Å². The highest BCUT2D eigenvalue weighted by molar-refractivity contribution is 5.94. The van der Waals surface area contributed by atoms with Crippen molar-refractivity contribution in [3.8, 4) is 0 Å². The van der Waals surface area contributed by atoms with Crippen molar-refractivity contribution >= 4 is 5.91 Å². The van der Waals surface area contributed by atoms with Crippen LogP contribution in [0.15, 0.2) is 18.5 Å². The van der Waals surface area contributed by atoms with Gasteiger partial charge in [-0.25, -0.2) is 4.39 Å². The van der Waals surface area contributed by atoms with Crippen LogP contribution in [0.1, 0.15) is 31.1 Å². The summed E-state index contributed by atoms with van der Waals surface area (Å²) in [5, 5.41) is 0. The van der Waals surface area contributed by atoms with Crippen molar-refractivity contribution in [3.63, 3.8) is 0 Å². The van der Waals surface area contributed by atoms with E-state index in [0.717, 1.165) is 6.20 Å². The number of aromatic nitrogens is 1. The fourth-order valence-electron chi connectivity index (χ4n) is 1.37. The second-order valence-electron chi connectivity index (χ2n) is 4.26. The lowest BCUT2D eigenvalue weighted by molar-refractivity contribution is 0.0702. The van der Waals surface area contributed by atoms with Crippen molar-refractivity contribution < 1.29 is 9.18 Å². The molecule has 0 saturated carbocycles. The summed E-state index contributed by atoms with van der Waals surface area (Å²) in [6, 6.07) is 1.47. The monoisotopic (exact) mass is 224 g/mol. The quantitative estimate of drug-likeness (QED) is 0.789. The van der Waals surface area contributed by atoms with Crippen LogP contribution in [-0.2, 0) is 0 Å². The van der Waals surface area contributed by atoms with Gasteiger partial charge in [-0.05, 0) is 18.9 Å². The molecule has 0 fully saturated rings. The largest absolute Gasteiger partial charge is 0.339 e. The highest BCUT2D eigenvalue weighted by Gasteiger charge is 2.21. The number of carbonyl (C=O) groups excluding carboxylic acids is 1. The number of pyridine rings is 1. The Labute approximate surface area is 95.3 Å². The molecule has 0 radical (unpaired) electrons. The van der Waals surface area contributed by atoms with E-state index < -0.39 is 5.82 Å². The molecule has 0 aromatic carbocycles. The number of rotatable bonds is 3. The Morgan fingerprint density at radius 1 is 1.44 bits per heavy atom. The number of hydrogen-bond acceptors (Lipinski definition) is 2. The van der Waals surface area contributed by atoms with Crippen molar-refractivity contribution in [1.82, 2.24) is 9.88 Å². The molecule has 0 aliphatic heterocycles. The number of halogens is 1. The third kappa shape index (κ3) is 2.56. The first-order valence-electron chi connectivity index (χ1n) is 5.31. The van der Waals surface area contributed by atoms with Gasteiger partial charge in [-0.15, -0.1) is 0 Å². The Hall–Kier alpha value is -1.45. The van der Waals surface area contributed by atoms with Crippen LogP contribution >= 0.6 is 0 Å². The van der Waals surface area contributed by atoms with E-state index >= 15 is 0 Å². The van der Waals surface area contributed by atoms with Gasteiger partial charge in [-0.2, -0.15) is 0 Å². The zero-order chi connectivity index (χ0) is 12.3. The highest BCUT2D eigenvalue weighted by atomic mass is 19.1. The van der Waals surface area contributed by atoms with E-state index in [1.165, 1.54) is 12.3 Å². The lowest BCUT2D eigenvalue weighted by Crippen LogP contribution is -2.38. The van der Waals surface area contributed by atoms with E-state index in [4.69, 9.17) is 0 Å². The molecular formula is C12H17FN2O. The summed E-state index contributed by atoms with van der Waals surface area (Å²) in [6.45, 7) is 6.00. The summed E-state index contributed by atoms with van der Waals surface area (Å²) < 4.78 is 13.4. The Balaban J connectivity index is 2.91. The van der Waals surface area contributed by atoms with Gasteiger partial charge in [-0.1, -0.05) is 13.8 Å². The molecule has 1 heterocycles. The van der Waals surface area contributed by atoms with E-state index in [1.54, 1.807) is 11.9 Å². The second kappa shape index (κ2) is 5.05. The molecule has 1 rings (SSSR count). The molecule has 88 valence electrons. The average molecular weight is 224 g/mol. The average Bonchev–Trinajstić information content (AvgIpc) is 2.26. The summed E-state index contributed by atoms with van der Waals surface area (Å²) in [7, 11) is 1.69. The molecule has 3 nitrogen and oxygen atoms in total. The first-order chi connectivity index (χ1) is 7.45. The standard InChI is InChI=1S/C12H17FN2O/c1-8(2)9(3)15(4)12(16)10-5-6-14-7-11(10)13/h5-9H,1-4H3. The van der Waals surface area contributed by atoms with E-state index in [2.05, 4.69) is 4.98 Å². The van der Waals surface area contributed by atoms with Gasteiger partial charge in [0.15, 0.2) is 5.82 Å². The van der Waals surface area contributed by atoms with E-state index in [0.29, 0.717) is 5.92 Å². The third-order valence-corrected chi connectivity index (χ3v) is 2.90. The van der Waals surface area contributed by atoms with Crippen LogP contribution in [0, 0.1) is 11.7 Å². The van der Waals surface area contributed by atoms with Crippen LogP contribution < -0.4 is 0 Å². The van der Waals surface area contributed by atoms with Gasteiger partial charge in [0, 0.05) is 19.3 Å². The lowest BCUT2D eigenvalue weighted by Gasteiger charge is -2.28. The third-order valence-electron chi connectivity index (χ3n) is 2.90. The normalized spacial score (nSPS) is 12.6. The van der Waals surface area contributed by atoms with Gasteiger partial charge in [-0.3, -0.25) is 9.78 Å². The maximum atomic E-state index is 13.4. The molecule has 1 unspecified atom stereocenters. The van der Waals surface area contributed by atoms with Gasteiger partial charge in [0.25, 0.3) is 5.91 Å². The Morgan fingerprint density at radius 3 is 2.56 bits per heavy atom. The minimum absolute atomic E-state index is 0.0695. The van der Waals surface area contributed by atoms with Crippen molar-refractivity contribution in [3.05, 3.63) is 29.8 Å². The van der Waals surface area contributed by atoms with Crippen LogP contribution in [0.3, 0.4) is 0 Å². The topological polar surface area (TPSA) is 33.2 Å². The number of amides is 1. The molecule has 16 heavy (non-hydrogen) atoms. The summed E-state index contributed by atoms with van der Waals surface area (Å²) in [5.74, 6) is -0.546. The first-order valence-corrected chi connectivity index (χ1v) is 5.31.